The average Bonchev–Trinajstić information content (AvgIpc) is 2.60. The monoisotopic (exact) mass is 235 g/mol. The molecule has 1 aliphatic rings. The molecule has 1 heterocycles. The van der Waals surface area contributed by atoms with E-state index in [4.69, 9.17) is 0 Å². The summed E-state index contributed by atoms with van der Waals surface area (Å²) in [6.45, 7) is 5.23. The SMILES string of the molecule is CCC1SC=C(C)N1Cc1cccc(O)c1. The predicted molar refractivity (Wildman–Crippen MR) is 69.1 cm³/mol. The lowest BCUT2D eigenvalue weighted by atomic mass is 10.2. The van der Waals surface area contributed by atoms with Gasteiger partial charge in [-0.15, -0.1) is 11.8 Å². The first-order valence-electron chi connectivity index (χ1n) is 5.57. The number of rotatable bonds is 3. The van der Waals surface area contributed by atoms with Crippen LogP contribution in [0, 0.1) is 0 Å². The second-order valence-corrected chi connectivity index (χ2v) is 5.11. The van der Waals surface area contributed by atoms with Crippen LogP contribution < -0.4 is 0 Å². The summed E-state index contributed by atoms with van der Waals surface area (Å²) in [6.07, 6.45) is 1.14. The molecule has 3 heteroatoms. The van der Waals surface area contributed by atoms with Gasteiger partial charge in [-0.05, 0) is 36.4 Å². The Bertz CT molecular complexity index is 403. The number of benzene rings is 1. The van der Waals surface area contributed by atoms with Crippen LogP contribution in [-0.4, -0.2) is 15.4 Å². The van der Waals surface area contributed by atoms with E-state index in [-0.39, 0.29) is 0 Å². The van der Waals surface area contributed by atoms with E-state index in [1.807, 2.05) is 23.9 Å². The Morgan fingerprint density at radius 3 is 2.94 bits per heavy atom. The number of aromatic hydroxyl groups is 1. The summed E-state index contributed by atoms with van der Waals surface area (Å²) in [5.41, 5.74) is 2.48. The lowest BCUT2D eigenvalue weighted by molar-refractivity contribution is 0.318. The second-order valence-electron chi connectivity index (χ2n) is 4.06. The second kappa shape index (κ2) is 4.83. The van der Waals surface area contributed by atoms with Gasteiger partial charge < -0.3 is 10.0 Å². The summed E-state index contributed by atoms with van der Waals surface area (Å²) < 4.78 is 0. The zero-order valence-corrected chi connectivity index (χ0v) is 10.5. The number of phenolic OH excluding ortho intramolecular Hbond substituents is 1. The van der Waals surface area contributed by atoms with Crippen LogP contribution >= 0.6 is 11.8 Å². The molecular formula is C13H17NOS. The van der Waals surface area contributed by atoms with Crippen LogP contribution in [0.15, 0.2) is 35.4 Å². The molecule has 1 aromatic carbocycles. The van der Waals surface area contributed by atoms with Gasteiger partial charge in [0.25, 0.3) is 0 Å². The van der Waals surface area contributed by atoms with Crippen molar-refractivity contribution >= 4 is 11.8 Å². The molecule has 16 heavy (non-hydrogen) atoms. The van der Waals surface area contributed by atoms with Crippen molar-refractivity contribution in [2.75, 3.05) is 0 Å². The Kier molecular flexibility index (Phi) is 3.44. The van der Waals surface area contributed by atoms with Crippen LogP contribution in [0.25, 0.3) is 0 Å². The van der Waals surface area contributed by atoms with Crippen LogP contribution in [0.3, 0.4) is 0 Å². The van der Waals surface area contributed by atoms with Crippen molar-refractivity contribution < 1.29 is 5.11 Å². The molecular weight excluding hydrogens is 218 g/mol. The van der Waals surface area contributed by atoms with E-state index in [9.17, 15) is 5.11 Å². The van der Waals surface area contributed by atoms with Crippen molar-refractivity contribution in [1.29, 1.82) is 0 Å². The molecule has 1 aliphatic heterocycles. The van der Waals surface area contributed by atoms with E-state index < -0.39 is 0 Å². The molecule has 0 bridgehead atoms. The Hall–Kier alpha value is -1.09. The minimum Gasteiger partial charge on any atom is -0.508 e. The minimum atomic E-state index is 0.346. The van der Waals surface area contributed by atoms with Crippen LogP contribution in [0.2, 0.25) is 0 Å². The van der Waals surface area contributed by atoms with Gasteiger partial charge in [-0.1, -0.05) is 19.1 Å². The summed E-state index contributed by atoms with van der Waals surface area (Å²) in [5, 5.41) is 12.2. The number of phenols is 1. The third-order valence-electron chi connectivity index (χ3n) is 2.81. The minimum absolute atomic E-state index is 0.346. The lowest BCUT2D eigenvalue weighted by Gasteiger charge is -2.27. The maximum atomic E-state index is 9.44. The molecule has 0 fully saturated rings. The molecule has 2 rings (SSSR count). The number of allylic oxidation sites excluding steroid dienone is 1. The Morgan fingerprint density at radius 1 is 1.44 bits per heavy atom. The van der Waals surface area contributed by atoms with Gasteiger partial charge in [0.05, 0.1) is 5.37 Å². The molecule has 86 valence electrons. The maximum absolute atomic E-state index is 9.44. The zero-order chi connectivity index (χ0) is 11.5. The molecule has 2 nitrogen and oxygen atoms in total. The molecule has 0 radical (unpaired) electrons. The summed E-state index contributed by atoms with van der Waals surface area (Å²) >= 11 is 1.88. The van der Waals surface area contributed by atoms with Gasteiger partial charge in [0.2, 0.25) is 0 Å². The van der Waals surface area contributed by atoms with Gasteiger partial charge >= 0.3 is 0 Å². The van der Waals surface area contributed by atoms with Crippen molar-refractivity contribution in [2.45, 2.75) is 32.2 Å². The average molecular weight is 235 g/mol. The van der Waals surface area contributed by atoms with Crippen LogP contribution in [0.1, 0.15) is 25.8 Å². The molecule has 1 atom stereocenters. The van der Waals surface area contributed by atoms with E-state index in [1.165, 1.54) is 5.70 Å². The van der Waals surface area contributed by atoms with Crippen molar-refractivity contribution in [1.82, 2.24) is 4.90 Å². The standard InChI is InChI=1S/C13H17NOS/c1-3-13-14(10(2)9-16-13)8-11-5-4-6-12(15)7-11/h4-7,9,13,15H,3,8H2,1-2H3. The molecule has 1 aromatic rings. The smallest absolute Gasteiger partial charge is 0.115 e. The van der Waals surface area contributed by atoms with Crippen LogP contribution in [0.5, 0.6) is 5.75 Å². The van der Waals surface area contributed by atoms with Gasteiger partial charge in [-0.2, -0.15) is 0 Å². The molecule has 0 saturated heterocycles. The molecule has 0 aromatic heterocycles. The van der Waals surface area contributed by atoms with Gasteiger partial charge in [0.1, 0.15) is 5.75 Å². The normalized spacial score (nSPS) is 20.0. The van der Waals surface area contributed by atoms with Crippen LogP contribution in [0.4, 0.5) is 0 Å². The van der Waals surface area contributed by atoms with Gasteiger partial charge in [-0.25, -0.2) is 0 Å². The third kappa shape index (κ3) is 2.35. The molecule has 0 amide bonds. The molecule has 1 N–H and O–H groups in total. The fraction of sp³-hybridized carbons (Fsp3) is 0.385. The van der Waals surface area contributed by atoms with Crippen molar-refractivity contribution in [2.24, 2.45) is 0 Å². The predicted octanol–water partition coefficient (Wildman–Crippen LogP) is 3.54. The topological polar surface area (TPSA) is 23.5 Å². The highest BCUT2D eigenvalue weighted by atomic mass is 32.2. The highest BCUT2D eigenvalue weighted by Crippen LogP contribution is 2.33. The van der Waals surface area contributed by atoms with Crippen molar-refractivity contribution in [3.63, 3.8) is 0 Å². The largest absolute Gasteiger partial charge is 0.508 e. The fourth-order valence-electron chi connectivity index (χ4n) is 1.94. The number of hydrogen-bond acceptors (Lipinski definition) is 3. The van der Waals surface area contributed by atoms with Gasteiger partial charge in [-0.3, -0.25) is 0 Å². The summed E-state index contributed by atoms with van der Waals surface area (Å²) in [4.78, 5) is 2.39. The maximum Gasteiger partial charge on any atom is 0.115 e. The highest BCUT2D eigenvalue weighted by Gasteiger charge is 2.22. The molecule has 1 unspecified atom stereocenters. The molecule has 0 spiro atoms. The molecule has 0 saturated carbocycles. The fourth-order valence-corrected chi connectivity index (χ4v) is 3.01. The number of hydrogen-bond donors (Lipinski definition) is 1. The van der Waals surface area contributed by atoms with E-state index >= 15 is 0 Å². The van der Waals surface area contributed by atoms with Crippen molar-refractivity contribution in [3.8, 4) is 5.75 Å². The van der Waals surface area contributed by atoms with Gasteiger partial charge in [0, 0.05) is 12.2 Å². The number of nitrogens with zero attached hydrogens (tertiary/aromatic N) is 1. The van der Waals surface area contributed by atoms with Crippen molar-refractivity contribution in [3.05, 3.63) is 40.9 Å². The van der Waals surface area contributed by atoms with E-state index in [1.54, 1.807) is 6.07 Å². The van der Waals surface area contributed by atoms with E-state index in [2.05, 4.69) is 30.2 Å². The Morgan fingerprint density at radius 2 is 2.25 bits per heavy atom. The first-order chi connectivity index (χ1) is 7.70. The molecule has 0 aliphatic carbocycles. The van der Waals surface area contributed by atoms with E-state index in [0.29, 0.717) is 11.1 Å². The van der Waals surface area contributed by atoms with Gasteiger partial charge in [0.15, 0.2) is 0 Å². The first kappa shape index (κ1) is 11.4. The lowest BCUT2D eigenvalue weighted by Crippen LogP contribution is -2.26. The van der Waals surface area contributed by atoms with E-state index in [0.717, 1.165) is 18.5 Å². The summed E-state index contributed by atoms with van der Waals surface area (Å²) in [5.74, 6) is 0.346. The quantitative estimate of drug-likeness (QED) is 0.867. The third-order valence-corrected chi connectivity index (χ3v) is 4.19. The Balaban J connectivity index is 2.11. The summed E-state index contributed by atoms with van der Waals surface area (Å²) in [6, 6.07) is 7.50. The number of thioether (sulfide) groups is 1. The zero-order valence-electron chi connectivity index (χ0n) is 9.68. The Labute approximate surface area is 101 Å². The first-order valence-corrected chi connectivity index (χ1v) is 6.51. The van der Waals surface area contributed by atoms with Crippen LogP contribution in [-0.2, 0) is 6.54 Å². The highest BCUT2D eigenvalue weighted by molar-refractivity contribution is 8.02. The summed E-state index contributed by atoms with van der Waals surface area (Å²) in [7, 11) is 0.